The number of hydrogen-bond acceptors (Lipinski definition) is 4. The van der Waals surface area contributed by atoms with E-state index in [9.17, 15) is 0 Å². The van der Waals surface area contributed by atoms with E-state index in [2.05, 4.69) is 6.92 Å². The summed E-state index contributed by atoms with van der Waals surface area (Å²) in [5, 5.41) is 9.15. The molecule has 1 aromatic rings. The van der Waals surface area contributed by atoms with Gasteiger partial charge in [-0.05, 0) is 24.2 Å². The Hall–Kier alpha value is -1.86. The molecule has 0 heterocycles. The maximum atomic E-state index is 8.98. The molecule has 0 unspecified atom stereocenters. The van der Waals surface area contributed by atoms with Crippen LogP contribution in [-0.2, 0) is 16.1 Å². The summed E-state index contributed by atoms with van der Waals surface area (Å²) in [5.41, 5.74) is 1.26. The first kappa shape index (κ1) is 15.2. The number of nitrogens with zero attached hydrogens (tertiary/aromatic N) is 1. The SMILES string of the molecule is CCCCOC=C(C#N)C(=S)OCc1ccccc1. The van der Waals surface area contributed by atoms with Crippen LogP contribution >= 0.6 is 12.2 Å². The molecule has 0 aromatic heterocycles. The van der Waals surface area contributed by atoms with E-state index in [1.54, 1.807) is 0 Å². The maximum absolute atomic E-state index is 8.98. The highest BCUT2D eigenvalue weighted by atomic mass is 32.1. The molecule has 3 nitrogen and oxygen atoms in total. The number of hydrogen-bond donors (Lipinski definition) is 0. The van der Waals surface area contributed by atoms with Crippen molar-refractivity contribution >= 4 is 17.3 Å². The topological polar surface area (TPSA) is 42.2 Å². The Morgan fingerprint density at radius 3 is 2.74 bits per heavy atom. The molecular formula is C15H17NO2S. The fourth-order valence-corrected chi connectivity index (χ4v) is 1.44. The zero-order chi connectivity index (χ0) is 13.9. The zero-order valence-corrected chi connectivity index (χ0v) is 11.8. The lowest BCUT2D eigenvalue weighted by Crippen LogP contribution is -2.05. The maximum Gasteiger partial charge on any atom is 0.205 e. The first-order valence-electron chi connectivity index (χ1n) is 6.20. The van der Waals surface area contributed by atoms with Crippen LogP contribution < -0.4 is 0 Å². The molecule has 0 bridgehead atoms. The molecule has 0 spiro atoms. The van der Waals surface area contributed by atoms with Crippen molar-refractivity contribution in [2.45, 2.75) is 26.4 Å². The summed E-state index contributed by atoms with van der Waals surface area (Å²) in [7, 11) is 0. The first-order chi connectivity index (χ1) is 9.27. The van der Waals surface area contributed by atoms with Crippen molar-refractivity contribution in [2.75, 3.05) is 6.61 Å². The number of ether oxygens (including phenoxy) is 2. The molecule has 1 aromatic carbocycles. The fraction of sp³-hybridized carbons (Fsp3) is 0.333. The highest BCUT2D eigenvalue weighted by Crippen LogP contribution is 2.06. The minimum atomic E-state index is 0.169. The zero-order valence-electron chi connectivity index (χ0n) is 11.0. The van der Waals surface area contributed by atoms with Crippen molar-refractivity contribution in [2.24, 2.45) is 0 Å². The summed E-state index contributed by atoms with van der Waals surface area (Å²) in [6, 6.07) is 11.7. The van der Waals surface area contributed by atoms with Gasteiger partial charge in [0, 0.05) is 0 Å². The average Bonchev–Trinajstić information content (AvgIpc) is 2.46. The molecule has 0 aliphatic rings. The molecule has 0 N–H and O–H groups in total. The number of unbranched alkanes of at least 4 members (excludes halogenated alkanes) is 1. The van der Waals surface area contributed by atoms with Crippen LogP contribution in [0, 0.1) is 11.3 Å². The van der Waals surface area contributed by atoms with Gasteiger partial charge in [-0.3, -0.25) is 0 Å². The summed E-state index contributed by atoms with van der Waals surface area (Å²) in [4.78, 5) is 0. The molecule has 0 atom stereocenters. The predicted molar refractivity (Wildman–Crippen MR) is 78.4 cm³/mol. The Balaban J connectivity index is 2.44. The first-order valence-corrected chi connectivity index (χ1v) is 6.61. The van der Waals surface area contributed by atoms with Gasteiger partial charge in [0.1, 0.15) is 24.5 Å². The summed E-state index contributed by atoms with van der Waals surface area (Å²) in [6.45, 7) is 3.02. The summed E-state index contributed by atoms with van der Waals surface area (Å²) < 4.78 is 10.6. The van der Waals surface area contributed by atoms with Crippen molar-refractivity contribution < 1.29 is 9.47 Å². The molecule has 0 radical (unpaired) electrons. The molecule has 100 valence electrons. The Kier molecular flexibility index (Phi) is 7.30. The van der Waals surface area contributed by atoms with E-state index in [1.165, 1.54) is 6.26 Å². The van der Waals surface area contributed by atoms with E-state index in [4.69, 9.17) is 27.0 Å². The van der Waals surface area contributed by atoms with E-state index >= 15 is 0 Å². The van der Waals surface area contributed by atoms with Crippen LogP contribution in [0.25, 0.3) is 0 Å². The molecule has 0 fully saturated rings. The van der Waals surface area contributed by atoms with Crippen LogP contribution in [-0.4, -0.2) is 11.7 Å². The number of thiocarbonyl (C=S) groups is 1. The Bertz CT molecular complexity index is 463. The molecule has 1 rings (SSSR count). The smallest absolute Gasteiger partial charge is 0.205 e. The number of rotatable bonds is 7. The van der Waals surface area contributed by atoms with Crippen LogP contribution in [0.4, 0.5) is 0 Å². The van der Waals surface area contributed by atoms with Gasteiger partial charge in [0.15, 0.2) is 0 Å². The van der Waals surface area contributed by atoms with Crippen LogP contribution in [0.3, 0.4) is 0 Å². The number of benzene rings is 1. The van der Waals surface area contributed by atoms with Gasteiger partial charge in [-0.1, -0.05) is 43.7 Å². The van der Waals surface area contributed by atoms with E-state index in [1.807, 2.05) is 36.4 Å². The van der Waals surface area contributed by atoms with Gasteiger partial charge < -0.3 is 9.47 Å². The van der Waals surface area contributed by atoms with Gasteiger partial charge in [-0.25, -0.2) is 0 Å². The molecule has 0 aliphatic heterocycles. The van der Waals surface area contributed by atoms with E-state index in [0.29, 0.717) is 13.2 Å². The lowest BCUT2D eigenvalue weighted by Gasteiger charge is -2.06. The lowest BCUT2D eigenvalue weighted by molar-refractivity contribution is 0.240. The molecule has 0 saturated heterocycles. The second-order valence-corrected chi connectivity index (χ2v) is 4.30. The van der Waals surface area contributed by atoms with Crippen molar-refractivity contribution in [3.05, 3.63) is 47.7 Å². The Morgan fingerprint density at radius 2 is 2.11 bits per heavy atom. The van der Waals surface area contributed by atoms with Gasteiger partial charge >= 0.3 is 0 Å². The molecular weight excluding hydrogens is 258 g/mol. The minimum absolute atomic E-state index is 0.169. The molecule has 0 saturated carbocycles. The summed E-state index contributed by atoms with van der Waals surface area (Å²) in [5.74, 6) is 0. The van der Waals surface area contributed by atoms with Crippen molar-refractivity contribution in [1.82, 2.24) is 0 Å². The van der Waals surface area contributed by atoms with Crippen LogP contribution in [0.5, 0.6) is 0 Å². The fourth-order valence-electron chi connectivity index (χ4n) is 1.29. The molecule has 0 aliphatic carbocycles. The summed E-state index contributed by atoms with van der Waals surface area (Å²) >= 11 is 5.06. The second-order valence-electron chi connectivity index (χ2n) is 3.93. The third-order valence-electron chi connectivity index (χ3n) is 2.37. The van der Waals surface area contributed by atoms with Gasteiger partial charge in [-0.15, -0.1) is 0 Å². The molecule has 4 heteroatoms. The highest BCUT2D eigenvalue weighted by Gasteiger charge is 2.06. The normalized spacial score (nSPS) is 10.6. The average molecular weight is 275 g/mol. The third-order valence-corrected chi connectivity index (χ3v) is 2.71. The van der Waals surface area contributed by atoms with Crippen molar-refractivity contribution in [1.29, 1.82) is 5.26 Å². The van der Waals surface area contributed by atoms with E-state index in [0.717, 1.165) is 18.4 Å². The third kappa shape index (κ3) is 6.03. The van der Waals surface area contributed by atoms with Crippen molar-refractivity contribution in [3.63, 3.8) is 0 Å². The second kappa shape index (κ2) is 9.12. The van der Waals surface area contributed by atoms with Crippen LogP contribution in [0.1, 0.15) is 25.3 Å². The van der Waals surface area contributed by atoms with Gasteiger partial charge in [-0.2, -0.15) is 5.26 Å². The minimum Gasteiger partial charge on any atom is -0.500 e. The predicted octanol–water partition coefficient (Wildman–Crippen LogP) is 3.75. The van der Waals surface area contributed by atoms with Crippen LogP contribution in [0.2, 0.25) is 0 Å². The molecule has 0 amide bonds. The van der Waals surface area contributed by atoms with Gasteiger partial charge in [0.2, 0.25) is 5.05 Å². The van der Waals surface area contributed by atoms with E-state index in [-0.39, 0.29) is 10.6 Å². The van der Waals surface area contributed by atoms with Crippen molar-refractivity contribution in [3.8, 4) is 6.07 Å². The lowest BCUT2D eigenvalue weighted by atomic mass is 10.2. The standard InChI is InChI=1S/C15H17NO2S/c1-2-3-9-17-12-14(10-16)15(19)18-11-13-7-5-4-6-8-13/h4-8,12H,2-3,9,11H2,1H3. The Morgan fingerprint density at radius 1 is 1.37 bits per heavy atom. The van der Waals surface area contributed by atoms with Crippen LogP contribution in [0.15, 0.2) is 42.2 Å². The molecule has 19 heavy (non-hydrogen) atoms. The quantitative estimate of drug-likeness (QED) is 0.250. The number of nitriles is 1. The summed E-state index contributed by atoms with van der Waals surface area (Å²) in [6.07, 6.45) is 3.38. The largest absolute Gasteiger partial charge is 0.500 e. The Labute approximate surface area is 119 Å². The van der Waals surface area contributed by atoms with Gasteiger partial charge in [0.05, 0.1) is 6.61 Å². The van der Waals surface area contributed by atoms with E-state index < -0.39 is 0 Å². The highest BCUT2D eigenvalue weighted by molar-refractivity contribution is 7.80. The van der Waals surface area contributed by atoms with Gasteiger partial charge in [0.25, 0.3) is 0 Å². The monoisotopic (exact) mass is 275 g/mol.